The van der Waals surface area contributed by atoms with Crippen LogP contribution in [0.15, 0.2) is 22.7 Å². The predicted octanol–water partition coefficient (Wildman–Crippen LogP) is 1.47. The van der Waals surface area contributed by atoms with Gasteiger partial charge in [0.2, 0.25) is 0 Å². The first-order valence-electron chi connectivity index (χ1n) is 5.91. The highest BCUT2D eigenvalue weighted by atomic mass is 79.9. The first-order chi connectivity index (χ1) is 8.60. The minimum atomic E-state index is -0.0600. The number of nitrogens with one attached hydrogen (secondary N) is 2. The molecule has 1 aliphatic rings. The summed E-state index contributed by atoms with van der Waals surface area (Å²) in [6.07, 6.45) is 0.0437. The molecule has 0 spiro atoms. The Labute approximate surface area is 115 Å². The van der Waals surface area contributed by atoms with Crippen molar-refractivity contribution in [3.05, 3.63) is 33.8 Å². The summed E-state index contributed by atoms with van der Waals surface area (Å²) in [7, 11) is 1.67. The third kappa shape index (κ3) is 3.10. The number of methoxy groups -OCH3 is 1. The van der Waals surface area contributed by atoms with Crippen LogP contribution in [0.25, 0.3) is 0 Å². The second kappa shape index (κ2) is 5.82. The molecule has 1 aromatic rings. The Balaban J connectivity index is 2.07. The molecule has 1 unspecified atom stereocenters. The minimum Gasteiger partial charge on any atom is -0.378 e. The van der Waals surface area contributed by atoms with Gasteiger partial charge in [-0.2, -0.15) is 0 Å². The SMILES string of the molecule is CO[C@H]1CNCC1NC(=O)c1cc(C)cc(Br)c1. The van der Waals surface area contributed by atoms with Crippen LogP contribution >= 0.6 is 15.9 Å². The Bertz CT molecular complexity index is 430. The van der Waals surface area contributed by atoms with Crippen LogP contribution in [0.2, 0.25) is 0 Å². The molecule has 1 aromatic carbocycles. The van der Waals surface area contributed by atoms with Gasteiger partial charge >= 0.3 is 0 Å². The van der Waals surface area contributed by atoms with Gasteiger partial charge in [0.15, 0.2) is 0 Å². The number of aryl methyl sites for hydroxylation is 1. The standard InChI is InChI=1S/C13H17BrN2O2/c1-8-3-9(5-10(14)4-8)13(17)16-11-6-15-7-12(11)18-2/h3-5,11-12,15H,6-7H2,1-2H3,(H,16,17)/t11?,12-/m0/s1. The molecule has 0 aromatic heterocycles. The normalized spacial score (nSPS) is 23.1. The van der Waals surface area contributed by atoms with Gasteiger partial charge in [0, 0.05) is 30.2 Å². The van der Waals surface area contributed by atoms with Crippen LogP contribution in [-0.4, -0.2) is 38.3 Å². The van der Waals surface area contributed by atoms with E-state index in [9.17, 15) is 4.79 Å². The van der Waals surface area contributed by atoms with Crippen molar-refractivity contribution in [2.75, 3.05) is 20.2 Å². The van der Waals surface area contributed by atoms with Crippen molar-refractivity contribution >= 4 is 21.8 Å². The second-order valence-electron chi connectivity index (χ2n) is 4.53. The summed E-state index contributed by atoms with van der Waals surface area (Å²) in [5.41, 5.74) is 1.73. The molecule has 4 nitrogen and oxygen atoms in total. The molecule has 1 amide bonds. The molecule has 1 fully saturated rings. The average molecular weight is 313 g/mol. The number of hydrogen-bond acceptors (Lipinski definition) is 3. The van der Waals surface area contributed by atoms with E-state index in [1.807, 2.05) is 25.1 Å². The molecular formula is C13H17BrN2O2. The summed E-state index contributed by atoms with van der Waals surface area (Å²) >= 11 is 3.40. The molecule has 1 saturated heterocycles. The zero-order valence-corrected chi connectivity index (χ0v) is 12.1. The number of amides is 1. The fourth-order valence-electron chi connectivity index (χ4n) is 2.17. The lowest BCUT2D eigenvalue weighted by atomic mass is 10.1. The number of carbonyl (C=O) groups is 1. The highest BCUT2D eigenvalue weighted by molar-refractivity contribution is 9.10. The van der Waals surface area contributed by atoms with E-state index in [4.69, 9.17) is 4.74 Å². The van der Waals surface area contributed by atoms with Crippen LogP contribution in [-0.2, 0) is 4.74 Å². The molecule has 2 N–H and O–H groups in total. The van der Waals surface area contributed by atoms with Crippen molar-refractivity contribution in [2.24, 2.45) is 0 Å². The molecule has 1 heterocycles. The van der Waals surface area contributed by atoms with Crippen molar-refractivity contribution in [1.82, 2.24) is 10.6 Å². The second-order valence-corrected chi connectivity index (χ2v) is 5.45. The quantitative estimate of drug-likeness (QED) is 0.889. The lowest BCUT2D eigenvalue weighted by Gasteiger charge is -2.18. The summed E-state index contributed by atoms with van der Waals surface area (Å²) < 4.78 is 6.24. The Morgan fingerprint density at radius 3 is 2.89 bits per heavy atom. The number of halogens is 1. The highest BCUT2D eigenvalue weighted by Crippen LogP contribution is 2.16. The summed E-state index contributed by atoms with van der Waals surface area (Å²) in [6.45, 7) is 3.49. The number of hydrogen-bond donors (Lipinski definition) is 2. The first-order valence-corrected chi connectivity index (χ1v) is 6.71. The van der Waals surface area contributed by atoms with Gasteiger partial charge in [0.1, 0.15) is 0 Å². The largest absolute Gasteiger partial charge is 0.378 e. The van der Waals surface area contributed by atoms with Crippen molar-refractivity contribution in [3.63, 3.8) is 0 Å². The molecule has 2 atom stereocenters. The Morgan fingerprint density at radius 2 is 2.22 bits per heavy atom. The molecule has 5 heteroatoms. The van der Waals surface area contributed by atoms with Gasteiger partial charge in [0.25, 0.3) is 5.91 Å². The van der Waals surface area contributed by atoms with E-state index in [0.29, 0.717) is 5.56 Å². The van der Waals surface area contributed by atoms with Crippen LogP contribution in [0.5, 0.6) is 0 Å². The van der Waals surface area contributed by atoms with Crippen LogP contribution in [0.1, 0.15) is 15.9 Å². The maximum atomic E-state index is 12.2. The van der Waals surface area contributed by atoms with Crippen LogP contribution in [0.4, 0.5) is 0 Å². The Hall–Kier alpha value is -0.910. The van der Waals surface area contributed by atoms with E-state index < -0.39 is 0 Å². The summed E-state index contributed by atoms with van der Waals surface area (Å²) in [5, 5.41) is 6.21. The first kappa shape index (κ1) is 13.5. The number of carbonyl (C=O) groups excluding carboxylic acids is 1. The third-order valence-electron chi connectivity index (χ3n) is 3.08. The molecule has 0 aliphatic carbocycles. The zero-order chi connectivity index (χ0) is 13.1. The topological polar surface area (TPSA) is 50.4 Å². The van der Waals surface area contributed by atoms with E-state index >= 15 is 0 Å². The zero-order valence-electron chi connectivity index (χ0n) is 10.5. The van der Waals surface area contributed by atoms with Gasteiger partial charge in [0.05, 0.1) is 12.1 Å². The van der Waals surface area contributed by atoms with Gasteiger partial charge in [-0.1, -0.05) is 15.9 Å². The van der Waals surface area contributed by atoms with E-state index in [1.165, 1.54) is 0 Å². The van der Waals surface area contributed by atoms with Crippen LogP contribution in [0.3, 0.4) is 0 Å². The van der Waals surface area contributed by atoms with Gasteiger partial charge < -0.3 is 15.4 Å². The van der Waals surface area contributed by atoms with Crippen molar-refractivity contribution in [2.45, 2.75) is 19.1 Å². The lowest BCUT2D eigenvalue weighted by Crippen LogP contribution is -2.43. The monoisotopic (exact) mass is 312 g/mol. The van der Waals surface area contributed by atoms with Gasteiger partial charge in [-0.25, -0.2) is 0 Å². The molecule has 0 radical (unpaired) electrons. The van der Waals surface area contributed by atoms with Gasteiger partial charge in [-0.05, 0) is 30.7 Å². The van der Waals surface area contributed by atoms with Crippen molar-refractivity contribution < 1.29 is 9.53 Å². The molecule has 18 heavy (non-hydrogen) atoms. The highest BCUT2D eigenvalue weighted by Gasteiger charge is 2.28. The van der Waals surface area contributed by atoms with Crippen LogP contribution < -0.4 is 10.6 Å². The van der Waals surface area contributed by atoms with E-state index in [-0.39, 0.29) is 18.1 Å². The molecule has 98 valence electrons. The van der Waals surface area contributed by atoms with Crippen LogP contribution in [0, 0.1) is 6.92 Å². The minimum absolute atomic E-state index is 0.0294. The molecule has 1 aliphatic heterocycles. The molecular weight excluding hydrogens is 296 g/mol. The summed E-state index contributed by atoms with van der Waals surface area (Å²) in [5.74, 6) is -0.0600. The third-order valence-corrected chi connectivity index (χ3v) is 3.54. The fourth-order valence-corrected chi connectivity index (χ4v) is 2.77. The lowest BCUT2D eigenvalue weighted by molar-refractivity contribution is 0.0780. The summed E-state index contributed by atoms with van der Waals surface area (Å²) in [6, 6.07) is 5.71. The van der Waals surface area contributed by atoms with E-state index in [0.717, 1.165) is 23.1 Å². The predicted molar refractivity (Wildman–Crippen MR) is 73.8 cm³/mol. The molecule has 0 bridgehead atoms. The fraction of sp³-hybridized carbons (Fsp3) is 0.462. The van der Waals surface area contributed by atoms with Gasteiger partial charge in [-0.3, -0.25) is 4.79 Å². The number of ether oxygens (including phenoxy) is 1. The van der Waals surface area contributed by atoms with Gasteiger partial charge in [-0.15, -0.1) is 0 Å². The van der Waals surface area contributed by atoms with E-state index in [2.05, 4.69) is 26.6 Å². The molecule has 0 saturated carbocycles. The molecule has 2 rings (SSSR count). The Morgan fingerprint density at radius 1 is 1.44 bits per heavy atom. The maximum absolute atomic E-state index is 12.2. The Kier molecular flexibility index (Phi) is 4.37. The van der Waals surface area contributed by atoms with E-state index in [1.54, 1.807) is 7.11 Å². The van der Waals surface area contributed by atoms with Crippen molar-refractivity contribution in [3.8, 4) is 0 Å². The van der Waals surface area contributed by atoms with Crippen molar-refractivity contribution in [1.29, 1.82) is 0 Å². The number of rotatable bonds is 3. The smallest absolute Gasteiger partial charge is 0.251 e. The summed E-state index contributed by atoms with van der Waals surface area (Å²) in [4.78, 5) is 12.2. The number of benzene rings is 1. The average Bonchev–Trinajstić information content (AvgIpc) is 2.75. The maximum Gasteiger partial charge on any atom is 0.251 e.